The number of hydrogen-bond donors (Lipinski definition) is 2. The Balaban J connectivity index is 2.89. The van der Waals surface area contributed by atoms with Gasteiger partial charge in [-0.1, -0.05) is 0 Å². The Labute approximate surface area is 76.0 Å². The molecule has 1 atom stereocenters. The Morgan fingerprint density at radius 3 is 3.08 bits per heavy atom. The molecule has 0 fully saturated rings. The van der Waals surface area contributed by atoms with E-state index in [9.17, 15) is 4.79 Å². The third-order valence-electron chi connectivity index (χ3n) is 1.67. The highest BCUT2D eigenvalue weighted by molar-refractivity contribution is 5.31. The molecule has 1 heterocycles. The monoisotopic (exact) mass is 183 g/mol. The molecule has 13 heavy (non-hydrogen) atoms. The third kappa shape index (κ3) is 2.29. The lowest BCUT2D eigenvalue weighted by Crippen LogP contribution is -2.28. The van der Waals surface area contributed by atoms with Gasteiger partial charge < -0.3 is 15.0 Å². The van der Waals surface area contributed by atoms with Gasteiger partial charge in [-0.25, -0.2) is 4.98 Å². The van der Waals surface area contributed by atoms with E-state index in [0.29, 0.717) is 0 Å². The topological polar surface area (TPSA) is 67.2 Å². The van der Waals surface area contributed by atoms with Gasteiger partial charge in [0.15, 0.2) is 5.82 Å². The lowest BCUT2D eigenvalue weighted by molar-refractivity contribution is 0.281. The van der Waals surface area contributed by atoms with Crippen molar-refractivity contribution in [3.63, 3.8) is 0 Å². The second kappa shape index (κ2) is 4.04. The molecule has 0 saturated heterocycles. The number of aliphatic hydroxyl groups is 1. The zero-order valence-corrected chi connectivity index (χ0v) is 7.69. The van der Waals surface area contributed by atoms with Gasteiger partial charge >= 0.3 is 0 Å². The van der Waals surface area contributed by atoms with E-state index >= 15 is 0 Å². The predicted octanol–water partition coefficient (Wildman–Crippen LogP) is -0.427. The number of nitrogens with one attached hydrogen (secondary N) is 1. The number of aliphatic hydroxyl groups excluding tert-OH is 1. The van der Waals surface area contributed by atoms with Crippen LogP contribution in [0.4, 0.5) is 5.82 Å². The van der Waals surface area contributed by atoms with E-state index in [-0.39, 0.29) is 24.0 Å². The smallest absolute Gasteiger partial charge is 0.293 e. The molecule has 72 valence electrons. The fourth-order valence-corrected chi connectivity index (χ4v) is 0.876. The van der Waals surface area contributed by atoms with Crippen LogP contribution in [0.1, 0.15) is 6.92 Å². The van der Waals surface area contributed by atoms with Crippen molar-refractivity contribution in [2.24, 2.45) is 7.05 Å². The quantitative estimate of drug-likeness (QED) is 0.667. The maximum atomic E-state index is 11.4. The van der Waals surface area contributed by atoms with Crippen molar-refractivity contribution in [1.29, 1.82) is 0 Å². The van der Waals surface area contributed by atoms with Gasteiger partial charge in [-0.05, 0) is 6.92 Å². The molecule has 5 heteroatoms. The summed E-state index contributed by atoms with van der Waals surface area (Å²) in [5.74, 6) is 0.270. The molecule has 2 N–H and O–H groups in total. The molecular weight excluding hydrogens is 170 g/mol. The van der Waals surface area contributed by atoms with Crippen LogP contribution >= 0.6 is 0 Å². The summed E-state index contributed by atoms with van der Waals surface area (Å²) in [6, 6.07) is -0.164. The van der Waals surface area contributed by atoms with Gasteiger partial charge in [-0.3, -0.25) is 4.79 Å². The Bertz CT molecular complexity index is 334. The summed E-state index contributed by atoms with van der Waals surface area (Å²) in [6.45, 7) is 1.74. The minimum Gasteiger partial charge on any atom is -0.394 e. The molecule has 0 radical (unpaired) electrons. The van der Waals surface area contributed by atoms with Gasteiger partial charge in [0, 0.05) is 25.5 Å². The fourth-order valence-electron chi connectivity index (χ4n) is 0.876. The fraction of sp³-hybridized carbons (Fsp3) is 0.500. The minimum atomic E-state index is -0.192. The molecular formula is C8H13N3O2. The van der Waals surface area contributed by atoms with E-state index < -0.39 is 0 Å². The average molecular weight is 183 g/mol. The molecule has 0 amide bonds. The van der Waals surface area contributed by atoms with Crippen molar-refractivity contribution in [3.05, 3.63) is 22.7 Å². The lowest BCUT2D eigenvalue weighted by Gasteiger charge is -2.10. The number of aromatic nitrogens is 2. The zero-order valence-electron chi connectivity index (χ0n) is 7.69. The van der Waals surface area contributed by atoms with Crippen LogP contribution in [0.2, 0.25) is 0 Å². The first-order valence-corrected chi connectivity index (χ1v) is 4.04. The standard InChI is InChI=1S/C8H13N3O2/c1-6(5-12)10-7-8(13)11(2)4-3-9-7/h3-4,6,12H,5H2,1-2H3,(H,9,10). The first kappa shape index (κ1) is 9.73. The van der Waals surface area contributed by atoms with Crippen molar-refractivity contribution in [3.8, 4) is 0 Å². The molecule has 0 aliphatic carbocycles. The molecule has 1 rings (SSSR count). The van der Waals surface area contributed by atoms with Crippen LogP contribution in [-0.4, -0.2) is 27.3 Å². The predicted molar refractivity (Wildman–Crippen MR) is 49.6 cm³/mol. The van der Waals surface area contributed by atoms with Crippen molar-refractivity contribution >= 4 is 5.82 Å². The molecule has 0 aromatic carbocycles. The van der Waals surface area contributed by atoms with E-state index in [1.807, 2.05) is 0 Å². The van der Waals surface area contributed by atoms with Crippen LogP contribution in [0.5, 0.6) is 0 Å². The highest BCUT2D eigenvalue weighted by Gasteiger charge is 2.05. The molecule has 1 aromatic heterocycles. The summed E-state index contributed by atoms with van der Waals surface area (Å²) < 4.78 is 1.43. The number of anilines is 1. The second-order valence-electron chi connectivity index (χ2n) is 2.92. The summed E-state index contributed by atoms with van der Waals surface area (Å²) in [7, 11) is 1.65. The summed E-state index contributed by atoms with van der Waals surface area (Å²) in [4.78, 5) is 15.2. The average Bonchev–Trinajstić information content (AvgIpc) is 2.13. The maximum absolute atomic E-state index is 11.4. The minimum absolute atomic E-state index is 0.0280. The Kier molecular flexibility index (Phi) is 3.02. The molecule has 0 aliphatic heterocycles. The van der Waals surface area contributed by atoms with Gasteiger partial charge in [-0.2, -0.15) is 0 Å². The molecule has 1 unspecified atom stereocenters. The molecule has 0 aliphatic rings. The lowest BCUT2D eigenvalue weighted by atomic mass is 10.3. The summed E-state index contributed by atoms with van der Waals surface area (Å²) in [6.07, 6.45) is 3.12. The van der Waals surface area contributed by atoms with Crippen LogP contribution in [0.15, 0.2) is 17.2 Å². The first-order valence-electron chi connectivity index (χ1n) is 4.04. The van der Waals surface area contributed by atoms with Crippen LogP contribution in [0.25, 0.3) is 0 Å². The molecule has 5 nitrogen and oxygen atoms in total. The number of aryl methyl sites for hydroxylation is 1. The van der Waals surface area contributed by atoms with Crippen LogP contribution < -0.4 is 10.9 Å². The highest BCUT2D eigenvalue weighted by Crippen LogP contribution is 1.94. The van der Waals surface area contributed by atoms with Gasteiger partial charge in [-0.15, -0.1) is 0 Å². The Morgan fingerprint density at radius 2 is 2.46 bits per heavy atom. The van der Waals surface area contributed by atoms with E-state index in [0.717, 1.165) is 0 Å². The van der Waals surface area contributed by atoms with E-state index in [1.54, 1.807) is 20.2 Å². The van der Waals surface area contributed by atoms with Gasteiger partial charge in [0.1, 0.15) is 0 Å². The van der Waals surface area contributed by atoms with Gasteiger partial charge in [0.05, 0.1) is 6.61 Å². The summed E-state index contributed by atoms with van der Waals surface area (Å²) in [5, 5.41) is 11.6. The molecule has 0 spiro atoms. The normalized spacial score (nSPS) is 12.5. The Morgan fingerprint density at radius 1 is 1.77 bits per heavy atom. The van der Waals surface area contributed by atoms with Gasteiger partial charge in [0.25, 0.3) is 5.56 Å². The largest absolute Gasteiger partial charge is 0.394 e. The second-order valence-corrected chi connectivity index (χ2v) is 2.92. The summed E-state index contributed by atoms with van der Waals surface area (Å²) in [5.41, 5.74) is -0.192. The van der Waals surface area contributed by atoms with Crippen molar-refractivity contribution < 1.29 is 5.11 Å². The maximum Gasteiger partial charge on any atom is 0.293 e. The van der Waals surface area contributed by atoms with Gasteiger partial charge in [0.2, 0.25) is 0 Å². The van der Waals surface area contributed by atoms with Crippen LogP contribution in [0, 0.1) is 0 Å². The Hall–Kier alpha value is -1.36. The first-order chi connectivity index (χ1) is 6.15. The molecule has 1 aromatic rings. The third-order valence-corrected chi connectivity index (χ3v) is 1.67. The molecule has 0 bridgehead atoms. The van der Waals surface area contributed by atoms with E-state index in [2.05, 4.69) is 10.3 Å². The zero-order chi connectivity index (χ0) is 9.84. The van der Waals surface area contributed by atoms with Crippen molar-refractivity contribution in [1.82, 2.24) is 9.55 Å². The van der Waals surface area contributed by atoms with Crippen LogP contribution in [-0.2, 0) is 7.05 Å². The van der Waals surface area contributed by atoms with E-state index in [4.69, 9.17) is 5.11 Å². The van der Waals surface area contributed by atoms with Crippen molar-refractivity contribution in [2.75, 3.05) is 11.9 Å². The van der Waals surface area contributed by atoms with Crippen LogP contribution in [0.3, 0.4) is 0 Å². The van der Waals surface area contributed by atoms with Crippen molar-refractivity contribution in [2.45, 2.75) is 13.0 Å². The summed E-state index contributed by atoms with van der Waals surface area (Å²) >= 11 is 0. The number of hydrogen-bond acceptors (Lipinski definition) is 4. The molecule has 0 saturated carbocycles. The highest BCUT2D eigenvalue weighted by atomic mass is 16.3. The number of nitrogens with zero attached hydrogens (tertiary/aromatic N) is 2. The SMILES string of the molecule is CC(CO)Nc1nccn(C)c1=O. The number of rotatable bonds is 3. The van der Waals surface area contributed by atoms with E-state index in [1.165, 1.54) is 10.8 Å².